The topological polar surface area (TPSA) is 78.0 Å². The number of sulfonamides is 1. The average Bonchev–Trinajstić information content (AvgIpc) is 2.27. The predicted octanol–water partition coefficient (Wildman–Crippen LogP) is 0.0863. The van der Waals surface area contributed by atoms with Crippen LogP contribution in [0.2, 0.25) is 0 Å². The monoisotopic (exact) mass is 229 g/mol. The molecule has 14 heavy (non-hydrogen) atoms. The van der Waals surface area contributed by atoms with Gasteiger partial charge in [-0.3, -0.25) is 4.68 Å². The van der Waals surface area contributed by atoms with Crippen LogP contribution in [-0.4, -0.2) is 18.2 Å². The maximum Gasteiger partial charge on any atom is 0.435 e. The first kappa shape index (κ1) is 11.0. The molecule has 1 rings (SSSR count). The van der Waals surface area contributed by atoms with Crippen LogP contribution in [0.4, 0.5) is 13.2 Å². The first-order valence-corrected chi connectivity index (χ1v) is 4.81. The Balaban J connectivity index is 3.33. The third kappa shape index (κ3) is 2.04. The molecule has 0 aromatic carbocycles. The quantitative estimate of drug-likeness (QED) is 0.741. The molecule has 0 aliphatic carbocycles. The zero-order valence-electron chi connectivity index (χ0n) is 6.91. The lowest BCUT2D eigenvalue weighted by Crippen LogP contribution is -2.16. The van der Waals surface area contributed by atoms with Crippen molar-refractivity contribution >= 4 is 10.0 Å². The van der Waals surface area contributed by atoms with Crippen molar-refractivity contribution in [2.45, 2.75) is 11.2 Å². The van der Waals surface area contributed by atoms with Gasteiger partial charge in [-0.05, 0) is 0 Å². The van der Waals surface area contributed by atoms with Crippen LogP contribution >= 0.6 is 0 Å². The molecular weight excluding hydrogens is 223 g/mol. The highest BCUT2D eigenvalue weighted by molar-refractivity contribution is 7.89. The van der Waals surface area contributed by atoms with E-state index in [1.807, 2.05) is 0 Å². The van der Waals surface area contributed by atoms with Crippen LogP contribution in [0.5, 0.6) is 0 Å². The molecule has 0 aliphatic rings. The molecule has 5 nitrogen and oxygen atoms in total. The molecule has 0 amide bonds. The fraction of sp³-hybridized carbons (Fsp3) is 0.400. The largest absolute Gasteiger partial charge is 0.435 e. The Hall–Kier alpha value is -1.09. The molecule has 9 heteroatoms. The summed E-state index contributed by atoms with van der Waals surface area (Å²) in [5.74, 6) is 0. The minimum Gasteiger partial charge on any atom is -0.255 e. The minimum atomic E-state index is -4.68. The SMILES string of the molecule is Cn1nc(C(F)(F)F)cc1S(N)(=O)=O. The molecule has 1 heterocycles. The maximum absolute atomic E-state index is 12.1. The van der Waals surface area contributed by atoms with Gasteiger partial charge in [-0.2, -0.15) is 18.3 Å². The zero-order valence-corrected chi connectivity index (χ0v) is 7.72. The van der Waals surface area contributed by atoms with E-state index in [1.165, 1.54) is 0 Å². The van der Waals surface area contributed by atoms with Crippen LogP contribution in [0.25, 0.3) is 0 Å². The van der Waals surface area contributed by atoms with E-state index in [0.717, 1.165) is 7.05 Å². The van der Waals surface area contributed by atoms with Gasteiger partial charge in [-0.15, -0.1) is 0 Å². The van der Waals surface area contributed by atoms with Gasteiger partial charge in [0.15, 0.2) is 10.7 Å². The van der Waals surface area contributed by atoms with Crippen LogP contribution < -0.4 is 5.14 Å². The van der Waals surface area contributed by atoms with E-state index in [0.29, 0.717) is 10.7 Å². The van der Waals surface area contributed by atoms with Crippen molar-refractivity contribution in [2.24, 2.45) is 12.2 Å². The predicted molar refractivity (Wildman–Crippen MR) is 39.6 cm³/mol. The van der Waals surface area contributed by atoms with E-state index >= 15 is 0 Å². The lowest BCUT2D eigenvalue weighted by atomic mass is 10.4. The van der Waals surface area contributed by atoms with Gasteiger partial charge in [-0.1, -0.05) is 0 Å². The number of aromatic nitrogens is 2. The average molecular weight is 229 g/mol. The van der Waals surface area contributed by atoms with Gasteiger partial charge < -0.3 is 0 Å². The van der Waals surface area contributed by atoms with Crippen LogP contribution in [-0.2, 0) is 23.2 Å². The van der Waals surface area contributed by atoms with Crippen LogP contribution in [0.15, 0.2) is 11.1 Å². The molecule has 0 aliphatic heterocycles. The molecule has 0 spiro atoms. The molecule has 80 valence electrons. The molecule has 0 fully saturated rings. The zero-order chi connectivity index (χ0) is 11.1. The van der Waals surface area contributed by atoms with Crippen LogP contribution in [0, 0.1) is 0 Å². The number of rotatable bonds is 1. The van der Waals surface area contributed by atoms with Gasteiger partial charge >= 0.3 is 6.18 Å². The van der Waals surface area contributed by atoms with E-state index in [9.17, 15) is 21.6 Å². The molecule has 0 bridgehead atoms. The lowest BCUT2D eigenvalue weighted by molar-refractivity contribution is -0.141. The van der Waals surface area contributed by atoms with Crippen LogP contribution in [0.1, 0.15) is 5.69 Å². The highest BCUT2D eigenvalue weighted by Crippen LogP contribution is 2.28. The number of nitrogens with two attached hydrogens (primary N) is 1. The fourth-order valence-corrected chi connectivity index (χ4v) is 1.54. The van der Waals surface area contributed by atoms with Gasteiger partial charge in [0.1, 0.15) is 0 Å². The Morgan fingerprint density at radius 3 is 2.21 bits per heavy atom. The van der Waals surface area contributed by atoms with E-state index in [2.05, 4.69) is 10.2 Å². The number of halogens is 3. The Kier molecular flexibility index (Phi) is 2.32. The van der Waals surface area contributed by atoms with Crippen molar-refractivity contribution in [2.75, 3.05) is 0 Å². The standard InChI is InChI=1S/C5H6F3N3O2S/c1-11-4(14(9,12)13)2-3(10-11)5(6,7)8/h2H,1H3,(H2,9,12,13). The molecule has 1 aromatic heterocycles. The normalized spacial score (nSPS) is 13.2. The van der Waals surface area contributed by atoms with Crippen molar-refractivity contribution in [3.05, 3.63) is 11.8 Å². The van der Waals surface area contributed by atoms with Crippen molar-refractivity contribution in [1.29, 1.82) is 0 Å². The molecule has 1 aromatic rings. The van der Waals surface area contributed by atoms with E-state index in [-0.39, 0.29) is 0 Å². The summed E-state index contributed by atoms with van der Waals surface area (Å²) in [4.78, 5) is 0. The molecular formula is C5H6F3N3O2S. The molecule has 0 radical (unpaired) electrons. The summed E-state index contributed by atoms with van der Waals surface area (Å²) in [6.07, 6.45) is -4.68. The second-order valence-corrected chi connectivity index (χ2v) is 4.04. The molecule has 0 saturated carbocycles. The van der Waals surface area contributed by atoms with Gasteiger partial charge in [0.25, 0.3) is 10.0 Å². The molecule has 0 unspecified atom stereocenters. The summed E-state index contributed by atoms with van der Waals surface area (Å²) >= 11 is 0. The number of aryl methyl sites for hydroxylation is 1. The van der Waals surface area contributed by atoms with Crippen molar-refractivity contribution in [3.63, 3.8) is 0 Å². The number of hydrogen-bond donors (Lipinski definition) is 1. The number of alkyl halides is 3. The summed E-state index contributed by atoms with van der Waals surface area (Å²) < 4.78 is 58.2. The molecule has 0 atom stereocenters. The number of primary sulfonamides is 1. The number of nitrogens with zero attached hydrogens (tertiary/aromatic N) is 2. The van der Waals surface area contributed by atoms with E-state index in [1.54, 1.807) is 0 Å². The van der Waals surface area contributed by atoms with Gasteiger partial charge in [0, 0.05) is 13.1 Å². The van der Waals surface area contributed by atoms with E-state index < -0.39 is 26.9 Å². The maximum atomic E-state index is 12.1. The van der Waals surface area contributed by atoms with Crippen molar-refractivity contribution in [3.8, 4) is 0 Å². The third-order valence-electron chi connectivity index (χ3n) is 1.42. The summed E-state index contributed by atoms with van der Waals surface area (Å²) in [5, 5.41) is 6.96. The van der Waals surface area contributed by atoms with Crippen LogP contribution in [0.3, 0.4) is 0 Å². The van der Waals surface area contributed by atoms with Crippen molar-refractivity contribution < 1.29 is 21.6 Å². The Morgan fingerprint density at radius 2 is 2.00 bits per heavy atom. The molecule has 0 saturated heterocycles. The van der Waals surface area contributed by atoms with Gasteiger partial charge in [0.05, 0.1) is 0 Å². The highest BCUT2D eigenvalue weighted by atomic mass is 32.2. The third-order valence-corrected chi connectivity index (χ3v) is 2.38. The fourth-order valence-electron chi connectivity index (χ4n) is 0.855. The number of hydrogen-bond acceptors (Lipinski definition) is 3. The minimum absolute atomic E-state index is 0.384. The Morgan fingerprint density at radius 1 is 1.50 bits per heavy atom. The summed E-state index contributed by atoms with van der Waals surface area (Å²) in [6, 6.07) is 0.384. The molecule has 2 N–H and O–H groups in total. The first-order valence-electron chi connectivity index (χ1n) is 3.26. The lowest BCUT2D eigenvalue weighted by Gasteiger charge is -1.98. The highest BCUT2D eigenvalue weighted by Gasteiger charge is 2.35. The Labute approximate surface area is 77.4 Å². The summed E-state index contributed by atoms with van der Waals surface area (Å²) in [7, 11) is -3.11. The summed E-state index contributed by atoms with van der Waals surface area (Å²) in [6.45, 7) is 0. The van der Waals surface area contributed by atoms with Gasteiger partial charge in [0.2, 0.25) is 0 Å². The van der Waals surface area contributed by atoms with Gasteiger partial charge in [-0.25, -0.2) is 13.6 Å². The summed E-state index contributed by atoms with van der Waals surface area (Å²) in [5.41, 5.74) is -1.29. The second-order valence-electron chi connectivity index (χ2n) is 2.53. The van der Waals surface area contributed by atoms with E-state index in [4.69, 9.17) is 0 Å². The Bertz CT molecular complexity index is 447. The smallest absolute Gasteiger partial charge is 0.255 e. The van der Waals surface area contributed by atoms with Crippen molar-refractivity contribution in [1.82, 2.24) is 9.78 Å². The second kappa shape index (κ2) is 2.95. The first-order chi connectivity index (χ1) is 6.12.